The minimum Gasteiger partial charge on any atom is -0.506 e. The second-order valence-corrected chi connectivity index (χ2v) is 8.77. The molecule has 0 saturated carbocycles. The van der Waals surface area contributed by atoms with E-state index in [1.165, 1.54) is 0 Å². The van der Waals surface area contributed by atoms with Crippen molar-refractivity contribution in [3.8, 4) is 22.6 Å². The number of fused-ring (bicyclic) bond motifs is 2. The molecule has 6 nitrogen and oxygen atoms in total. The fourth-order valence-electron chi connectivity index (χ4n) is 4.37. The summed E-state index contributed by atoms with van der Waals surface area (Å²) in [6.45, 7) is 0. The van der Waals surface area contributed by atoms with Gasteiger partial charge in [0.1, 0.15) is 22.9 Å². The van der Waals surface area contributed by atoms with Crippen LogP contribution in [0.1, 0.15) is 11.1 Å². The lowest BCUT2D eigenvalue weighted by atomic mass is 10.0. The van der Waals surface area contributed by atoms with Crippen molar-refractivity contribution < 1.29 is 10.2 Å². The maximum Gasteiger partial charge on any atom is 0.141 e. The number of nitrogens with zero attached hydrogens (tertiary/aromatic N) is 4. The fraction of sp³-hybridized carbons (Fsp3) is 0. The fourth-order valence-corrected chi connectivity index (χ4v) is 4.37. The molecule has 2 aromatic heterocycles. The van der Waals surface area contributed by atoms with Crippen molar-refractivity contribution in [1.29, 1.82) is 0 Å². The Kier molecular flexibility index (Phi) is 6.04. The third kappa shape index (κ3) is 4.58. The molecule has 6 rings (SSSR count). The largest absolute Gasteiger partial charge is 0.506 e. The zero-order valence-corrected chi connectivity index (χ0v) is 20.2. The molecular weight excluding hydrogens is 472 g/mol. The van der Waals surface area contributed by atoms with Crippen LogP contribution in [0.15, 0.2) is 119 Å². The minimum absolute atomic E-state index is 0.0389. The Balaban J connectivity index is 1.24. The number of aromatic nitrogens is 2. The van der Waals surface area contributed by atoms with Crippen LogP contribution in [-0.2, 0) is 0 Å². The standard InChI is InChI=1S/C32H22N4O2/c37-29-17-23(11-13-27(29)35-19-25-7-1-5-21-9-3-15-33-31(21)25)24-12-14-28(30(38)18-24)36-20-26-8-2-6-22-10-4-16-34-32(22)26/h1-20,37-38H. The highest BCUT2D eigenvalue weighted by Gasteiger charge is 2.08. The molecule has 0 unspecified atom stereocenters. The highest BCUT2D eigenvalue weighted by molar-refractivity contribution is 5.99. The molecular formula is C32H22N4O2. The molecule has 0 bridgehead atoms. The lowest BCUT2D eigenvalue weighted by Crippen LogP contribution is -1.87. The Morgan fingerprint density at radius 1 is 0.526 bits per heavy atom. The van der Waals surface area contributed by atoms with Gasteiger partial charge in [-0.2, -0.15) is 0 Å². The zero-order valence-electron chi connectivity index (χ0n) is 20.2. The highest BCUT2D eigenvalue weighted by atomic mass is 16.3. The summed E-state index contributed by atoms with van der Waals surface area (Å²) in [7, 11) is 0. The van der Waals surface area contributed by atoms with Crippen LogP contribution in [-0.4, -0.2) is 32.6 Å². The van der Waals surface area contributed by atoms with Crippen LogP contribution in [0, 0.1) is 0 Å². The van der Waals surface area contributed by atoms with Crippen molar-refractivity contribution in [2.45, 2.75) is 0 Å². The van der Waals surface area contributed by atoms with E-state index in [2.05, 4.69) is 20.0 Å². The summed E-state index contributed by atoms with van der Waals surface area (Å²) >= 11 is 0. The first-order chi connectivity index (χ1) is 18.7. The molecule has 0 radical (unpaired) electrons. The third-order valence-electron chi connectivity index (χ3n) is 6.30. The van der Waals surface area contributed by atoms with E-state index < -0.39 is 0 Å². The van der Waals surface area contributed by atoms with Crippen molar-refractivity contribution in [2.24, 2.45) is 9.98 Å². The molecule has 0 fully saturated rings. The van der Waals surface area contributed by atoms with Crippen molar-refractivity contribution in [2.75, 3.05) is 0 Å². The smallest absolute Gasteiger partial charge is 0.141 e. The molecule has 0 spiro atoms. The number of aliphatic imine (C=N–C) groups is 2. The van der Waals surface area contributed by atoms with Gasteiger partial charge in [0, 0.05) is 46.7 Å². The predicted molar refractivity (Wildman–Crippen MR) is 153 cm³/mol. The van der Waals surface area contributed by atoms with E-state index >= 15 is 0 Å². The van der Waals surface area contributed by atoms with Crippen LogP contribution in [0.5, 0.6) is 11.5 Å². The number of aromatic hydroxyl groups is 2. The molecule has 0 aliphatic carbocycles. The summed E-state index contributed by atoms with van der Waals surface area (Å²) in [6, 6.07) is 30.0. The van der Waals surface area contributed by atoms with Crippen LogP contribution in [0.4, 0.5) is 11.4 Å². The molecule has 2 heterocycles. The topological polar surface area (TPSA) is 91.0 Å². The Morgan fingerprint density at radius 2 is 0.974 bits per heavy atom. The van der Waals surface area contributed by atoms with Gasteiger partial charge in [0.15, 0.2) is 0 Å². The van der Waals surface area contributed by atoms with Gasteiger partial charge >= 0.3 is 0 Å². The van der Waals surface area contributed by atoms with Crippen LogP contribution in [0.3, 0.4) is 0 Å². The SMILES string of the molecule is Oc1cc(-c2ccc(N=Cc3cccc4cccnc34)c(O)c2)ccc1N=Cc1cccc2cccnc12. The molecule has 4 aromatic carbocycles. The van der Waals surface area contributed by atoms with E-state index in [4.69, 9.17) is 0 Å². The van der Waals surface area contributed by atoms with Crippen molar-refractivity contribution >= 4 is 45.6 Å². The van der Waals surface area contributed by atoms with Crippen LogP contribution < -0.4 is 0 Å². The monoisotopic (exact) mass is 494 g/mol. The summed E-state index contributed by atoms with van der Waals surface area (Å²) in [5, 5.41) is 23.3. The number of phenols is 2. The van der Waals surface area contributed by atoms with Gasteiger partial charge in [-0.05, 0) is 47.5 Å². The minimum atomic E-state index is 0.0389. The molecule has 0 aliphatic heterocycles. The lowest BCUT2D eigenvalue weighted by Gasteiger charge is -2.07. The first-order valence-electron chi connectivity index (χ1n) is 12.1. The summed E-state index contributed by atoms with van der Waals surface area (Å²) in [4.78, 5) is 17.8. The predicted octanol–water partition coefficient (Wildman–Crippen LogP) is 7.36. The molecule has 6 aromatic rings. The molecule has 182 valence electrons. The average molecular weight is 495 g/mol. The van der Waals surface area contributed by atoms with Gasteiger partial charge in [0.2, 0.25) is 0 Å². The summed E-state index contributed by atoms with van der Waals surface area (Å²) in [5.74, 6) is 0.0778. The van der Waals surface area contributed by atoms with Crippen molar-refractivity contribution in [1.82, 2.24) is 9.97 Å². The van der Waals surface area contributed by atoms with E-state index in [1.807, 2.05) is 72.8 Å². The van der Waals surface area contributed by atoms with Crippen LogP contribution in [0.2, 0.25) is 0 Å². The number of phenolic OH excluding ortho intramolecular Hbond substituents is 2. The third-order valence-corrected chi connectivity index (χ3v) is 6.30. The summed E-state index contributed by atoms with van der Waals surface area (Å²) < 4.78 is 0. The second-order valence-electron chi connectivity index (χ2n) is 8.77. The number of hydrogen-bond acceptors (Lipinski definition) is 6. The zero-order chi connectivity index (χ0) is 25.9. The normalized spacial score (nSPS) is 11.7. The van der Waals surface area contributed by atoms with Gasteiger partial charge in [0.25, 0.3) is 0 Å². The first kappa shape index (κ1) is 23.1. The van der Waals surface area contributed by atoms with Gasteiger partial charge < -0.3 is 10.2 Å². The number of benzene rings is 4. The van der Waals surface area contributed by atoms with E-state index in [9.17, 15) is 10.2 Å². The van der Waals surface area contributed by atoms with Crippen LogP contribution >= 0.6 is 0 Å². The van der Waals surface area contributed by atoms with Gasteiger partial charge in [-0.15, -0.1) is 0 Å². The van der Waals surface area contributed by atoms with Gasteiger partial charge in [-0.25, -0.2) is 0 Å². The van der Waals surface area contributed by atoms with E-state index in [0.29, 0.717) is 11.4 Å². The summed E-state index contributed by atoms with van der Waals surface area (Å²) in [5.41, 5.74) is 5.81. The second kappa shape index (κ2) is 9.95. The van der Waals surface area contributed by atoms with Gasteiger partial charge in [0.05, 0.1) is 11.0 Å². The average Bonchev–Trinajstić information content (AvgIpc) is 2.96. The Hall–Kier alpha value is -5.36. The number of pyridine rings is 2. The lowest BCUT2D eigenvalue weighted by molar-refractivity contribution is 0.476. The Bertz CT molecular complexity index is 1710. The van der Waals surface area contributed by atoms with Crippen LogP contribution in [0.25, 0.3) is 32.9 Å². The molecule has 0 amide bonds. The molecule has 0 saturated heterocycles. The molecule has 0 atom stereocenters. The maximum absolute atomic E-state index is 10.6. The Labute approximate surface area is 219 Å². The summed E-state index contributed by atoms with van der Waals surface area (Å²) in [6.07, 6.45) is 6.90. The first-order valence-corrected chi connectivity index (χ1v) is 12.1. The molecule has 6 heteroatoms. The number of rotatable bonds is 5. The van der Waals surface area contributed by atoms with Gasteiger partial charge in [-0.3, -0.25) is 20.0 Å². The van der Waals surface area contributed by atoms with E-state index in [0.717, 1.165) is 44.1 Å². The quantitative estimate of drug-likeness (QED) is 0.245. The highest BCUT2D eigenvalue weighted by Crippen LogP contribution is 2.36. The van der Waals surface area contributed by atoms with Gasteiger partial charge in [-0.1, -0.05) is 60.7 Å². The van der Waals surface area contributed by atoms with Crippen molar-refractivity contribution in [3.05, 3.63) is 121 Å². The number of hydrogen-bond donors (Lipinski definition) is 2. The maximum atomic E-state index is 10.6. The number of para-hydroxylation sites is 2. The molecule has 0 aliphatic rings. The van der Waals surface area contributed by atoms with Crippen molar-refractivity contribution in [3.63, 3.8) is 0 Å². The Morgan fingerprint density at radius 3 is 1.42 bits per heavy atom. The molecule has 2 N–H and O–H groups in total. The van der Waals surface area contributed by atoms with E-state index in [1.54, 1.807) is 49.1 Å². The molecule has 38 heavy (non-hydrogen) atoms. The van der Waals surface area contributed by atoms with E-state index in [-0.39, 0.29) is 11.5 Å².